The number of H-pyrrole nitrogens is 1. The number of aromatic amines is 1. The molecule has 1 aromatic heterocycles. The summed E-state index contributed by atoms with van der Waals surface area (Å²) in [5.74, 6) is 0. The normalized spacial score (nSPS) is 19.2. The Morgan fingerprint density at radius 2 is 2.06 bits per heavy atom. The second kappa shape index (κ2) is 4.75. The molecule has 0 bridgehead atoms. The smallest absolute Gasteiger partial charge is 0.0743 e. The van der Waals surface area contributed by atoms with Crippen molar-refractivity contribution in [3.63, 3.8) is 0 Å². The van der Waals surface area contributed by atoms with Crippen LogP contribution in [0.2, 0.25) is 0 Å². The Balaban J connectivity index is 1.85. The molecule has 1 saturated heterocycles. The predicted molar refractivity (Wildman–Crippen MR) is 73.8 cm³/mol. The van der Waals surface area contributed by atoms with Gasteiger partial charge in [-0.15, -0.1) is 0 Å². The SMILES string of the molecule is COC1(Cc2ccc3[nH]ccc3c2)CCNCC1. The summed E-state index contributed by atoms with van der Waals surface area (Å²) in [6.07, 6.45) is 5.18. The van der Waals surface area contributed by atoms with Gasteiger partial charge in [-0.1, -0.05) is 6.07 Å². The molecule has 1 aliphatic heterocycles. The Bertz CT molecular complexity index is 526. The van der Waals surface area contributed by atoms with Crippen LogP contribution in [0.5, 0.6) is 0 Å². The molecule has 1 aromatic carbocycles. The molecule has 3 heteroatoms. The van der Waals surface area contributed by atoms with E-state index in [1.54, 1.807) is 0 Å². The van der Waals surface area contributed by atoms with Crippen LogP contribution in [0.1, 0.15) is 18.4 Å². The van der Waals surface area contributed by atoms with Gasteiger partial charge >= 0.3 is 0 Å². The first-order valence-corrected chi connectivity index (χ1v) is 6.63. The van der Waals surface area contributed by atoms with E-state index in [0.717, 1.165) is 32.4 Å². The first kappa shape index (κ1) is 11.8. The molecule has 1 aliphatic rings. The van der Waals surface area contributed by atoms with Crippen molar-refractivity contribution >= 4 is 10.9 Å². The number of nitrogens with one attached hydrogen (secondary N) is 2. The van der Waals surface area contributed by atoms with Crippen molar-refractivity contribution in [1.82, 2.24) is 10.3 Å². The highest BCUT2D eigenvalue weighted by molar-refractivity contribution is 5.79. The molecule has 0 atom stereocenters. The number of rotatable bonds is 3. The molecule has 18 heavy (non-hydrogen) atoms. The molecule has 0 unspecified atom stereocenters. The fraction of sp³-hybridized carbons (Fsp3) is 0.467. The summed E-state index contributed by atoms with van der Waals surface area (Å²) in [6.45, 7) is 2.11. The van der Waals surface area contributed by atoms with E-state index in [4.69, 9.17) is 4.74 Å². The highest BCUT2D eigenvalue weighted by Gasteiger charge is 2.31. The molecular formula is C15H20N2O. The van der Waals surface area contributed by atoms with Crippen LogP contribution in [-0.2, 0) is 11.2 Å². The Labute approximate surface area is 108 Å². The van der Waals surface area contributed by atoms with E-state index in [1.165, 1.54) is 16.5 Å². The van der Waals surface area contributed by atoms with Crippen LogP contribution >= 0.6 is 0 Å². The van der Waals surface area contributed by atoms with Crippen LogP contribution in [0.25, 0.3) is 10.9 Å². The van der Waals surface area contributed by atoms with Crippen LogP contribution in [0.15, 0.2) is 30.5 Å². The molecule has 3 nitrogen and oxygen atoms in total. The van der Waals surface area contributed by atoms with Gasteiger partial charge in [-0.3, -0.25) is 0 Å². The number of ether oxygens (including phenoxy) is 1. The van der Waals surface area contributed by atoms with Crippen LogP contribution in [0.3, 0.4) is 0 Å². The quantitative estimate of drug-likeness (QED) is 0.870. The van der Waals surface area contributed by atoms with Gasteiger partial charge in [0.2, 0.25) is 0 Å². The lowest BCUT2D eigenvalue weighted by Crippen LogP contribution is -2.44. The van der Waals surface area contributed by atoms with Gasteiger partial charge in [0.15, 0.2) is 0 Å². The largest absolute Gasteiger partial charge is 0.378 e. The minimum Gasteiger partial charge on any atom is -0.378 e. The molecule has 2 heterocycles. The van der Waals surface area contributed by atoms with Gasteiger partial charge in [-0.25, -0.2) is 0 Å². The molecule has 0 radical (unpaired) electrons. The van der Waals surface area contributed by atoms with Crippen molar-refractivity contribution in [1.29, 1.82) is 0 Å². The van der Waals surface area contributed by atoms with Gasteiger partial charge in [0, 0.05) is 25.2 Å². The maximum absolute atomic E-state index is 5.83. The van der Waals surface area contributed by atoms with Crippen molar-refractivity contribution in [2.45, 2.75) is 24.9 Å². The van der Waals surface area contributed by atoms with E-state index < -0.39 is 0 Å². The number of methoxy groups -OCH3 is 1. The standard InChI is InChI=1S/C15H20N2O/c1-18-15(5-8-16-9-6-15)11-12-2-3-14-13(10-12)4-7-17-14/h2-4,7,10,16-17H,5-6,8-9,11H2,1H3. The van der Waals surface area contributed by atoms with Crippen molar-refractivity contribution in [2.75, 3.05) is 20.2 Å². The molecule has 0 amide bonds. The monoisotopic (exact) mass is 244 g/mol. The number of fused-ring (bicyclic) bond motifs is 1. The van der Waals surface area contributed by atoms with Gasteiger partial charge < -0.3 is 15.0 Å². The third kappa shape index (κ3) is 2.16. The minimum absolute atomic E-state index is 0.0230. The van der Waals surface area contributed by atoms with Crippen molar-refractivity contribution in [3.8, 4) is 0 Å². The van der Waals surface area contributed by atoms with Gasteiger partial charge in [0.25, 0.3) is 0 Å². The molecule has 0 spiro atoms. The van der Waals surface area contributed by atoms with Crippen molar-refractivity contribution in [3.05, 3.63) is 36.0 Å². The maximum Gasteiger partial charge on any atom is 0.0743 e. The average Bonchev–Trinajstić information content (AvgIpc) is 2.87. The van der Waals surface area contributed by atoms with Crippen LogP contribution in [0.4, 0.5) is 0 Å². The van der Waals surface area contributed by atoms with Crippen LogP contribution in [-0.4, -0.2) is 30.8 Å². The zero-order valence-electron chi connectivity index (χ0n) is 10.8. The van der Waals surface area contributed by atoms with E-state index in [-0.39, 0.29) is 5.60 Å². The molecule has 1 fully saturated rings. The average molecular weight is 244 g/mol. The summed E-state index contributed by atoms with van der Waals surface area (Å²) in [4.78, 5) is 3.23. The molecule has 3 rings (SSSR count). The summed E-state index contributed by atoms with van der Waals surface area (Å²) in [7, 11) is 1.85. The lowest BCUT2D eigenvalue weighted by atomic mass is 9.85. The second-order valence-corrected chi connectivity index (χ2v) is 5.21. The molecule has 2 aromatic rings. The van der Waals surface area contributed by atoms with Gasteiger partial charge in [-0.05, 0) is 55.1 Å². The van der Waals surface area contributed by atoms with E-state index in [0.29, 0.717) is 0 Å². The first-order chi connectivity index (χ1) is 8.81. The van der Waals surface area contributed by atoms with Gasteiger partial charge in [-0.2, -0.15) is 0 Å². The van der Waals surface area contributed by atoms with Crippen molar-refractivity contribution < 1.29 is 4.74 Å². The number of aromatic nitrogens is 1. The number of piperidine rings is 1. The molecule has 0 saturated carbocycles. The van der Waals surface area contributed by atoms with Crippen LogP contribution < -0.4 is 5.32 Å². The topological polar surface area (TPSA) is 37.0 Å². The van der Waals surface area contributed by atoms with E-state index in [2.05, 4.69) is 34.6 Å². The second-order valence-electron chi connectivity index (χ2n) is 5.21. The fourth-order valence-electron chi connectivity index (χ4n) is 2.92. The summed E-state index contributed by atoms with van der Waals surface area (Å²) in [5, 5.41) is 4.68. The van der Waals surface area contributed by atoms with E-state index in [9.17, 15) is 0 Å². The Morgan fingerprint density at radius 1 is 1.22 bits per heavy atom. The number of hydrogen-bond acceptors (Lipinski definition) is 2. The van der Waals surface area contributed by atoms with Crippen LogP contribution in [0, 0.1) is 0 Å². The summed E-state index contributed by atoms with van der Waals surface area (Å²) in [5.41, 5.74) is 2.59. The summed E-state index contributed by atoms with van der Waals surface area (Å²) in [6, 6.07) is 8.77. The lowest BCUT2D eigenvalue weighted by Gasteiger charge is -2.36. The Hall–Kier alpha value is -1.32. The third-order valence-corrected chi connectivity index (χ3v) is 4.09. The summed E-state index contributed by atoms with van der Waals surface area (Å²) >= 11 is 0. The van der Waals surface area contributed by atoms with E-state index in [1.807, 2.05) is 13.3 Å². The molecule has 2 N–H and O–H groups in total. The fourth-order valence-corrected chi connectivity index (χ4v) is 2.92. The van der Waals surface area contributed by atoms with Crippen molar-refractivity contribution in [2.24, 2.45) is 0 Å². The van der Waals surface area contributed by atoms with Gasteiger partial charge in [0.05, 0.1) is 5.60 Å². The number of hydrogen-bond donors (Lipinski definition) is 2. The number of benzene rings is 1. The molecular weight excluding hydrogens is 224 g/mol. The summed E-state index contributed by atoms with van der Waals surface area (Å²) < 4.78 is 5.83. The van der Waals surface area contributed by atoms with Gasteiger partial charge in [0.1, 0.15) is 0 Å². The highest BCUT2D eigenvalue weighted by atomic mass is 16.5. The third-order valence-electron chi connectivity index (χ3n) is 4.09. The Kier molecular flexibility index (Phi) is 3.10. The first-order valence-electron chi connectivity index (χ1n) is 6.63. The Morgan fingerprint density at radius 3 is 2.83 bits per heavy atom. The zero-order valence-corrected chi connectivity index (χ0v) is 10.8. The maximum atomic E-state index is 5.83. The lowest BCUT2D eigenvalue weighted by molar-refractivity contribution is -0.0333. The zero-order chi connectivity index (χ0) is 12.4. The molecule has 0 aliphatic carbocycles. The highest BCUT2D eigenvalue weighted by Crippen LogP contribution is 2.28. The molecule has 96 valence electrons. The predicted octanol–water partition coefficient (Wildman–Crippen LogP) is 2.48. The van der Waals surface area contributed by atoms with E-state index >= 15 is 0 Å². The minimum atomic E-state index is 0.0230.